The normalized spacial score (nSPS) is 10.8. The van der Waals surface area contributed by atoms with Gasteiger partial charge < -0.3 is 9.52 Å². The zero-order valence-corrected chi connectivity index (χ0v) is 11.0. The van der Waals surface area contributed by atoms with Crippen LogP contribution >= 0.6 is 11.8 Å². The van der Waals surface area contributed by atoms with Crippen LogP contribution < -0.4 is 5.63 Å². The van der Waals surface area contributed by atoms with Crippen molar-refractivity contribution in [2.24, 2.45) is 0 Å². The van der Waals surface area contributed by atoms with E-state index < -0.39 is 11.4 Å². The molecule has 0 spiro atoms. The van der Waals surface area contributed by atoms with Gasteiger partial charge >= 0.3 is 5.63 Å². The van der Waals surface area contributed by atoms with Crippen LogP contribution in [-0.2, 0) is 0 Å². The Morgan fingerprint density at radius 1 is 1.10 bits per heavy atom. The van der Waals surface area contributed by atoms with Crippen molar-refractivity contribution in [3.63, 3.8) is 0 Å². The molecule has 3 aromatic rings. The quantitative estimate of drug-likeness (QED) is 0.729. The van der Waals surface area contributed by atoms with Crippen LogP contribution in [-0.4, -0.2) is 5.11 Å². The molecule has 1 heterocycles. The molecule has 2 aromatic carbocycles. The molecule has 0 saturated carbocycles. The zero-order chi connectivity index (χ0) is 14.1. The molecule has 3 nitrogen and oxygen atoms in total. The van der Waals surface area contributed by atoms with Gasteiger partial charge in [-0.15, -0.1) is 0 Å². The van der Waals surface area contributed by atoms with Crippen LogP contribution in [0.1, 0.15) is 0 Å². The van der Waals surface area contributed by atoms with Gasteiger partial charge in [-0.3, -0.25) is 0 Å². The Kier molecular flexibility index (Phi) is 3.20. The van der Waals surface area contributed by atoms with Crippen LogP contribution in [0.2, 0.25) is 0 Å². The average molecular weight is 288 g/mol. The number of aromatic hydroxyl groups is 1. The molecular formula is C15H9FO3S. The number of fused-ring (bicyclic) bond motifs is 1. The van der Waals surface area contributed by atoms with E-state index in [4.69, 9.17) is 4.42 Å². The molecule has 0 aliphatic rings. The smallest absolute Gasteiger partial charge is 0.354 e. The summed E-state index contributed by atoms with van der Waals surface area (Å²) in [5.41, 5.74) is -0.325. The number of hydrogen-bond acceptors (Lipinski definition) is 4. The molecule has 0 unspecified atom stereocenters. The van der Waals surface area contributed by atoms with Gasteiger partial charge in [0.25, 0.3) is 0 Å². The number of para-hydroxylation sites is 1. The summed E-state index contributed by atoms with van der Waals surface area (Å²) in [5.74, 6) is -0.550. The largest absolute Gasteiger partial charge is 0.506 e. The van der Waals surface area contributed by atoms with E-state index in [9.17, 15) is 14.3 Å². The highest BCUT2D eigenvalue weighted by molar-refractivity contribution is 7.99. The Hall–Kier alpha value is -2.27. The van der Waals surface area contributed by atoms with Crippen LogP contribution in [0.5, 0.6) is 5.75 Å². The van der Waals surface area contributed by atoms with Crippen LogP contribution in [0.15, 0.2) is 67.5 Å². The minimum absolute atomic E-state index is 0.0503. The second-order valence-electron chi connectivity index (χ2n) is 4.12. The predicted octanol–water partition coefficient (Wildman–Crippen LogP) is 3.79. The van der Waals surface area contributed by atoms with Crippen LogP contribution in [0.25, 0.3) is 11.0 Å². The lowest BCUT2D eigenvalue weighted by molar-refractivity contribution is 0.447. The monoisotopic (exact) mass is 288 g/mol. The van der Waals surface area contributed by atoms with E-state index in [1.807, 2.05) is 0 Å². The first-order valence-electron chi connectivity index (χ1n) is 5.83. The van der Waals surface area contributed by atoms with E-state index in [1.165, 1.54) is 18.2 Å². The molecule has 0 amide bonds. The Morgan fingerprint density at radius 3 is 2.70 bits per heavy atom. The fraction of sp³-hybridized carbons (Fsp3) is 0. The molecule has 1 N–H and O–H groups in total. The molecule has 0 radical (unpaired) electrons. The standard InChI is InChI=1S/C15H9FO3S/c16-9-4-3-5-10(8-9)20-14-13(17)11-6-1-2-7-12(11)19-15(14)18/h1-8,17H. The van der Waals surface area contributed by atoms with E-state index in [0.717, 1.165) is 11.8 Å². The summed E-state index contributed by atoms with van der Waals surface area (Å²) in [5, 5.41) is 10.6. The Labute approximate surface area is 117 Å². The molecule has 1 aromatic heterocycles. The first-order chi connectivity index (χ1) is 9.65. The summed E-state index contributed by atoms with van der Waals surface area (Å²) in [6.07, 6.45) is 0. The van der Waals surface area contributed by atoms with Crippen LogP contribution in [0.3, 0.4) is 0 Å². The van der Waals surface area contributed by atoms with Gasteiger partial charge in [0.2, 0.25) is 0 Å². The first-order valence-corrected chi connectivity index (χ1v) is 6.65. The van der Waals surface area contributed by atoms with E-state index in [0.29, 0.717) is 15.9 Å². The van der Waals surface area contributed by atoms with Gasteiger partial charge in [0.1, 0.15) is 22.0 Å². The Bertz CT molecular complexity index is 842. The van der Waals surface area contributed by atoms with Crippen molar-refractivity contribution in [3.8, 4) is 5.75 Å². The van der Waals surface area contributed by atoms with Gasteiger partial charge in [-0.25, -0.2) is 9.18 Å². The third-order valence-corrected chi connectivity index (χ3v) is 3.82. The number of hydrogen-bond donors (Lipinski definition) is 1. The molecule has 100 valence electrons. The van der Waals surface area contributed by atoms with Gasteiger partial charge in [-0.05, 0) is 30.3 Å². The maximum absolute atomic E-state index is 13.1. The number of halogens is 1. The Balaban J connectivity index is 2.14. The van der Waals surface area contributed by atoms with Crippen molar-refractivity contribution in [3.05, 3.63) is 64.8 Å². The number of rotatable bonds is 2. The molecule has 0 atom stereocenters. The lowest BCUT2D eigenvalue weighted by Gasteiger charge is -2.05. The summed E-state index contributed by atoms with van der Waals surface area (Å²) in [4.78, 5) is 12.5. The zero-order valence-electron chi connectivity index (χ0n) is 10.2. The summed E-state index contributed by atoms with van der Waals surface area (Å²) >= 11 is 0.974. The molecule has 3 rings (SSSR count). The molecule has 0 bridgehead atoms. The summed E-state index contributed by atoms with van der Waals surface area (Å²) in [7, 11) is 0. The second kappa shape index (κ2) is 5.02. The lowest BCUT2D eigenvalue weighted by Crippen LogP contribution is -2.02. The third-order valence-electron chi connectivity index (χ3n) is 2.76. The SMILES string of the molecule is O=c1oc2ccccc2c(O)c1Sc1cccc(F)c1. The molecule has 0 saturated heterocycles. The van der Waals surface area contributed by atoms with E-state index in [-0.39, 0.29) is 10.6 Å². The van der Waals surface area contributed by atoms with E-state index >= 15 is 0 Å². The topological polar surface area (TPSA) is 50.4 Å². The fourth-order valence-corrected chi connectivity index (χ4v) is 2.74. The van der Waals surface area contributed by atoms with Gasteiger partial charge in [-0.1, -0.05) is 30.0 Å². The van der Waals surface area contributed by atoms with E-state index in [2.05, 4.69) is 0 Å². The molecular weight excluding hydrogens is 279 g/mol. The first kappa shape index (κ1) is 12.7. The van der Waals surface area contributed by atoms with Crippen molar-refractivity contribution in [1.29, 1.82) is 0 Å². The maximum Gasteiger partial charge on any atom is 0.354 e. The predicted molar refractivity (Wildman–Crippen MR) is 74.7 cm³/mol. The van der Waals surface area contributed by atoms with E-state index in [1.54, 1.807) is 30.3 Å². The summed E-state index contributed by atoms with van der Waals surface area (Å²) in [6, 6.07) is 12.5. The van der Waals surface area contributed by atoms with Crippen molar-refractivity contribution in [2.45, 2.75) is 9.79 Å². The van der Waals surface area contributed by atoms with Gasteiger partial charge in [0, 0.05) is 4.90 Å². The fourth-order valence-electron chi connectivity index (χ4n) is 1.85. The van der Waals surface area contributed by atoms with Crippen molar-refractivity contribution in [1.82, 2.24) is 0 Å². The second-order valence-corrected chi connectivity index (χ2v) is 5.21. The average Bonchev–Trinajstić information content (AvgIpc) is 2.43. The highest BCUT2D eigenvalue weighted by Gasteiger charge is 2.15. The summed E-state index contributed by atoms with van der Waals surface area (Å²) < 4.78 is 18.3. The van der Waals surface area contributed by atoms with Crippen LogP contribution in [0.4, 0.5) is 4.39 Å². The lowest BCUT2D eigenvalue weighted by atomic mass is 10.2. The van der Waals surface area contributed by atoms with Gasteiger partial charge in [-0.2, -0.15) is 0 Å². The molecule has 0 fully saturated rings. The van der Waals surface area contributed by atoms with Crippen molar-refractivity contribution >= 4 is 22.7 Å². The molecule has 0 aliphatic carbocycles. The highest BCUT2D eigenvalue weighted by atomic mass is 32.2. The Morgan fingerprint density at radius 2 is 1.90 bits per heavy atom. The van der Waals surface area contributed by atoms with Gasteiger partial charge in [0.15, 0.2) is 0 Å². The van der Waals surface area contributed by atoms with Crippen LogP contribution in [0, 0.1) is 5.82 Å². The van der Waals surface area contributed by atoms with Crippen molar-refractivity contribution < 1.29 is 13.9 Å². The third kappa shape index (κ3) is 2.28. The van der Waals surface area contributed by atoms with Crippen molar-refractivity contribution in [2.75, 3.05) is 0 Å². The summed E-state index contributed by atoms with van der Waals surface area (Å²) in [6.45, 7) is 0. The maximum atomic E-state index is 13.1. The van der Waals surface area contributed by atoms with Gasteiger partial charge in [0.05, 0.1) is 5.39 Å². The molecule has 5 heteroatoms. The molecule has 20 heavy (non-hydrogen) atoms. The minimum atomic E-state index is -0.643. The highest BCUT2D eigenvalue weighted by Crippen LogP contribution is 2.36. The minimum Gasteiger partial charge on any atom is -0.506 e. The number of benzene rings is 2. The molecule has 0 aliphatic heterocycles.